The first-order valence-corrected chi connectivity index (χ1v) is 12.3. The first-order chi connectivity index (χ1) is 16.1. The van der Waals surface area contributed by atoms with Gasteiger partial charge in [-0.05, 0) is 24.3 Å². The Kier molecular flexibility index (Phi) is 4.38. The average molecular weight is 481 g/mol. The molecule has 0 unspecified atom stereocenters. The molecule has 7 rings (SSSR count). The minimum atomic E-state index is -0.820. The Labute approximate surface area is 198 Å². The first kappa shape index (κ1) is 19.9. The third kappa shape index (κ3) is 3.05. The van der Waals surface area contributed by atoms with Crippen LogP contribution in [0.3, 0.4) is 0 Å². The summed E-state index contributed by atoms with van der Waals surface area (Å²) in [6.07, 6.45) is 3.12. The van der Waals surface area contributed by atoms with Crippen molar-refractivity contribution in [2.24, 2.45) is 0 Å². The fraction of sp³-hybridized carbons (Fsp3) is 0.333. The van der Waals surface area contributed by atoms with Gasteiger partial charge in [0.15, 0.2) is 11.9 Å². The van der Waals surface area contributed by atoms with E-state index in [2.05, 4.69) is 20.8 Å². The maximum absolute atomic E-state index is 10.8. The zero-order valence-electron chi connectivity index (χ0n) is 17.7. The van der Waals surface area contributed by atoms with Crippen LogP contribution in [-0.4, -0.2) is 34.9 Å². The number of rotatable bonds is 3. The quantitative estimate of drug-likeness (QED) is 0.411. The fourth-order valence-corrected chi connectivity index (χ4v) is 6.47. The smallest absolute Gasteiger partial charge is 0.182 e. The number of nitrogens with one attached hydrogen (secondary N) is 2. The van der Waals surface area contributed by atoms with Gasteiger partial charge in [0.2, 0.25) is 0 Å². The molecule has 0 aliphatic carbocycles. The highest BCUT2D eigenvalue weighted by molar-refractivity contribution is 7.19. The van der Waals surface area contributed by atoms with Crippen LogP contribution in [0.15, 0.2) is 35.0 Å². The molecule has 3 aromatic heterocycles. The maximum atomic E-state index is 10.8. The van der Waals surface area contributed by atoms with Crippen LogP contribution in [0.2, 0.25) is 5.02 Å². The van der Waals surface area contributed by atoms with Gasteiger partial charge in [0, 0.05) is 77.4 Å². The number of fused-ring (bicyclic) bond motifs is 3. The number of ether oxygens (including phenoxy) is 1. The molecule has 3 N–H and O–H groups in total. The number of hydrogen-bond donors (Lipinski definition) is 3. The summed E-state index contributed by atoms with van der Waals surface area (Å²) in [5.74, 6) is 1.62. The van der Waals surface area contributed by atoms with Crippen LogP contribution in [-0.2, 0) is 25.0 Å². The zero-order valence-corrected chi connectivity index (χ0v) is 19.2. The van der Waals surface area contributed by atoms with Gasteiger partial charge in [0.1, 0.15) is 11.4 Å². The van der Waals surface area contributed by atoms with Crippen LogP contribution >= 0.6 is 22.9 Å². The van der Waals surface area contributed by atoms with E-state index in [4.69, 9.17) is 20.9 Å². The SMILES string of the molecule is OC1(c2cc3nccc(-c4cc(Cl)cc5c4O[C@@H](c4onc6c4CNCC6)C5)c3s2)CNC1. The molecule has 3 aliphatic rings. The Hall–Kier alpha value is -2.49. The van der Waals surface area contributed by atoms with Crippen LogP contribution < -0.4 is 15.4 Å². The standard InChI is InChI=1S/C24H21ClN4O3S/c25-13-5-12-6-19(22-16-9-26-3-2-17(16)29-32-22)31-21(12)15(7-13)14-1-4-28-18-8-20(33-23(14)18)24(30)10-27-11-24/h1,4-5,7-8,19,26-27,30H,2-3,6,9-11H2/t19-/m1/s1. The predicted molar refractivity (Wildman–Crippen MR) is 126 cm³/mol. The number of β-amino-alcohol motifs (C(OH)–C–C–N with tert-alkyl or cyclic N) is 1. The summed E-state index contributed by atoms with van der Waals surface area (Å²) in [6.45, 7) is 2.78. The van der Waals surface area contributed by atoms with Crippen LogP contribution in [0.1, 0.15) is 33.6 Å². The maximum Gasteiger partial charge on any atom is 0.182 e. The molecule has 0 amide bonds. The van der Waals surface area contributed by atoms with E-state index >= 15 is 0 Å². The van der Waals surface area contributed by atoms with Gasteiger partial charge in [-0.2, -0.15) is 0 Å². The molecule has 0 saturated carbocycles. The molecule has 0 spiro atoms. The molecule has 1 atom stereocenters. The number of benzene rings is 1. The summed E-state index contributed by atoms with van der Waals surface area (Å²) in [5.41, 5.74) is 5.18. The number of aliphatic hydroxyl groups is 1. The van der Waals surface area contributed by atoms with Crippen molar-refractivity contribution in [3.63, 3.8) is 0 Å². The molecule has 1 saturated heterocycles. The normalized spacial score (nSPS) is 20.8. The molecule has 6 heterocycles. The summed E-state index contributed by atoms with van der Waals surface area (Å²) < 4.78 is 13.3. The Morgan fingerprint density at radius 2 is 2.09 bits per heavy atom. The highest BCUT2D eigenvalue weighted by atomic mass is 35.5. The second kappa shape index (κ2) is 7.25. The van der Waals surface area contributed by atoms with Crippen molar-refractivity contribution in [2.45, 2.75) is 31.1 Å². The van der Waals surface area contributed by atoms with Gasteiger partial charge in [-0.25, -0.2) is 0 Å². The summed E-state index contributed by atoms with van der Waals surface area (Å²) in [4.78, 5) is 5.48. The second-order valence-corrected chi connectivity index (χ2v) is 10.5. The number of pyridine rings is 1. The molecule has 1 aromatic carbocycles. The summed E-state index contributed by atoms with van der Waals surface area (Å²) in [5, 5.41) is 22.3. The Bertz CT molecular complexity index is 1410. The van der Waals surface area contributed by atoms with Crippen LogP contribution in [0.5, 0.6) is 5.75 Å². The van der Waals surface area contributed by atoms with Gasteiger partial charge in [-0.1, -0.05) is 16.8 Å². The monoisotopic (exact) mass is 480 g/mol. The predicted octanol–water partition coefficient (Wildman–Crippen LogP) is 3.72. The highest BCUT2D eigenvalue weighted by Crippen LogP contribution is 2.48. The summed E-state index contributed by atoms with van der Waals surface area (Å²) in [6, 6.07) is 7.91. The van der Waals surface area contributed by atoms with Crippen LogP contribution in [0.25, 0.3) is 21.3 Å². The number of halogens is 1. The van der Waals surface area contributed by atoms with E-state index in [0.29, 0.717) is 24.5 Å². The average Bonchev–Trinajstić information content (AvgIpc) is 3.52. The molecular formula is C24H21ClN4O3S. The molecule has 0 radical (unpaired) electrons. The van der Waals surface area contributed by atoms with Gasteiger partial charge < -0.3 is 25.0 Å². The third-order valence-electron chi connectivity index (χ3n) is 6.82. The Morgan fingerprint density at radius 3 is 2.94 bits per heavy atom. The van der Waals surface area contributed by atoms with Crippen molar-refractivity contribution < 1.29 is 14.4 Å². The number of thiophene rings is 1. The molecule has 4 aromatic rings. The minimum Gasteiger partial charge on any atom is -0.481 e. The molecule has 3 aliphatic heterocycles. The van der Waals surface area contributed by atoms with E-state index in [0.717, 1.165) is 74.1 Å². The summed E-state index contributed by atoms with van der Waals surface area (Å²) >= 11 is 8.15. The van der Waals surface area contributed by atoms with Crippen molar-refractivity contribution in [3.05, 3.63) is 62.9 Å². The van der Waals surface area contributed by atoms with Crippen molar-refractivity contribution in [1.29, 1.82) is 0 Å². The highest BCUT2D eigenvalue weighted by Gasteiger charge is 2.38. The second-order valence-electron chi connectivity index (χ2n) is 8.97. The number of aromatic nitrogens is 2. The van der Waals surface area contributed by atoms with E-state index in [1.807, 2.05) is 24.3 Å². The lowest BCUT2D eigenvalue weighted by atomic mass is 9.95. The van der Waals surface area contributed by atoms with Gasteiger partial charge in [-0.3, -0.25) is 4.98 Å². The molecule has 33 heavy (non-hydrogen) atoms. The molecule has 9 heteroatoms. The number of nitrogens with zero attached hydrogens (tertiary/aromatic N) is 2. The van der Waals surface area contributed by atoms with E-state index in [9.17, 15) is 5.11 Å². The van der Waals surface area contributed by atoms with Gasteiger partial charge in [0.25, 0.3) is 0 Å². The lowest BCUT2D eigenvalue weighted by Crippen LogP contribution is -2.56. The van der Waals surface area contributed by atoms with E-state index < -0.39 is 5.60 Å². The lowest BCUT2D eigenvalue weighted by molar-refractivity contribution is -0.0111. The Balaban J connectivity index is 1.32. The van der Waals surface area contributed by atoms with Crippen molar-refractivity contribution in [1.82, 2.24) is 20.8 Å². The van der Waals surface area contributed by atoms with E-state index in [-0.39, 0.29) is 6.10 Å². The molecule has 7 nitrogen and oxygen atoms in total. The molecule has 0 bridgehead atoms. The molecular weight excluding hydrogens is 460 g/mol. The number of hydrogen-bond acceptors (Lipinski definition) is 8. The van der Waals surface area contributed by atoms with Crippen LogP contribution in [0.4, 0.5) is 0 Å². The molecule has 168 valence electrons. The molecule has 1 fully saturated rings. The van der Waals surface area contributed by atoms with E-state index in [1.54, 1.807) is 17.5 Å². The van der Waals surface area contributed by atoms with Gasteiger partial charge in [-0.15, -0.1) is 11.3 Å². The lowest BCUT2D eigenvalue weighted by Gasteiger charge is -2.36. The van der Waals surface area contributed by atoms with Gasteiger partial charge >= 0.3 is 0 Å². The van der Waals surface area contributed by atoms with E-state index in [1.165, 1.54) is 0 Å². The topological polar surface area (TPSA) is 92.4 Å². The van der Waals surface area contributed by atoms with Crippen LogP contribution in [0, 0.1) is 0 Å². The Morgan fingerprint density at radius 1 is 1.18 bits per heavy atom. The third-order valence-corrected chi connectivity index (χ3v) is 8.39. The van der Waals surface area contributed by atoms with Crippen molar-refractivity contribution >= 4 is 33.2 Å². The van der Waals surface area contributed by atoms with Crippen molar-refractivity contribution in [2.75, 3.05) is 19.6 Å². The fourth-order valence-electron chi connectivity index (χ4n) is 5.00. The van der Waals surface area contributed by atoms with Gasteiger partial charge in [0.05, 0.1) is 15.9 Å². The largest absolute Gasteiger partial charge is 0.481 e. The zero-order chi connectivity index (χ0) is 22.2. The van der Waals surface area contributed by atoms with Crippen molar-refractivity contribution in [3.8, 4) is 16.9 Å². The minimum absolute atomic E-state index is 0.230. The summed E-state index contributed by atoms with van der Waals surface area (Å²) in [7, 11) is 0. The first-order valence-electron chi connectivity index (χ1n) is 11.1.